The molecule has 96 valence electrons. The molecule has 0 radical (unpaired) electrons. The summed E-state index contributed by atoms with van der Waals surface area (Å²) in [5, 5.41) is 10.2. The number of aromatic nitrogens is 1. The number of hydrogen-bond acceptors (Lipinski definition) is 3. The number of aromatic hydroxyl groups is 1. The molecule has 3 rings (SSSR count). The summed E-state index contributed by atoms with van der Waals surface area (Å²) in [4.78, 5) is 3.91. The lowest BCUT2D eigenvalue weighted by Gasteiger charge is -2.00. The van der Waals surface area contributed by atoms with Crippen molar-refractivity contribution in [3.8, 4) is 17.2 Å². The topological polar surface area (TPSA) is 46.3 Å². The third kappa shape index (κ3) is 2.05. The Morgan fingerprint density at radius 1 is 1.21 bits per heavy atom. The molecule has 0 saturated carbocycles. The van der Waals surface area contributed by atoms with Gasteiger partial charge in [0.05, 0.1) is 0 Å². The van der Waals surface area contributed by atoms with Gasteiger partial charge in [0.2, 0.25) is 5.95 Å². The van der Waals surface area contributed by atoms with Gasteiger partial charge in [0.15, 0.2) is 5.76 Å². The molecule has 0 amide bonds. The molecule has 0 aliphatic heterocycles. The zero-order valence-corrected chi connectivity index (χ0v) is 10.4. The molecule has 3 aromatic rings. The van der Waals surface area contributed by atoms with Gasteiger partial charge in [-0.1, -0.05) is 13.0 Å². The third-order valence-corrected chi connectivity index (χ3v) is 3.06. The van der Waals surface area contributed by atoms with Crippen molar-refractivity contribution >= 4 is 11.0 Å². The second-order valence-electron chi connectivity index (χ2n) is 4.33. The van der Waals surface area contributed by atoms with Crippen molar-refractivity contribution in [3.05, 3.63) is 47.9 Å². The predicted octanol–water partition coefficient (Wildman–Crippen LogP) is 3.90. The van der Waals surface area contributed by atoms with E-state index < -0.39 is 5.95 Å². The molecule has 3 nitrogen and oxygen atoms in total. The molecular weight excluding hydrogens is 245 g/mol. The lowest BCUT2D eigenvalue weighted by atomic mass is 10.2. The molecule has 0 unspecified atom stereocenters. The van der Waals surface area contributed by atoms with Crippen LogP contribution in [0.5, 0.6) is 5.75 Å². The molecule has 0 saturated heterocycles. The molecular formula is C15H12FNO2. The largest absolute Gasteiger partial charge is 0.508 e. The Hall–Kier alpha value is -2.36. The fourth-order valence-electron chi connectivity index (χ4n) is 2.02. The number of benzene rings is 1. The molecule has 0 aliphatic rings. The van der Waals surface area contributed by atoms with Crippen LogP contribution in [0, 0.1) is 5.95 Å². The van der Waals surface area contributed by atoms with Crippen molar-refractivity contribution < 1.29 is 13.9 Å². The highest BCUT2D eigenvalue weighted by Crippen LogP contribution is 2.29. The van der Waals surface area contributed by atoms with Gasteiger partial charge in [-0.3, -0.25) is 0 Å². The number of furan rings is 1. The molecule has 4 heteroatoms. The van der Waals surface area contributed by atoms with E-state index in [0.29, 0.717) is 29.0 Å². The van der Waals surface area contributed by atoms with E-state index in [4.69, 9.17) is 4.42 Å². The maximum absolute atomic E-state index is 13.7. The Labute approximate surface area is 109 Å². The first-order valence-electron chi connectivity index (χ1n) is 6.05. The first-order valence-corrected chi connectivity index (χ1v) is 6.05. The van der Waals surface area contributed by atoms with Gasteiger partial charge in [-0.05, 0) is 36.8 Å². The lowest BCUT2D eigenvalue weighted by molar-refractivity contribution is 0.476. The molecule has 0 aliphatic carbocycles. The lowest BCUT2D eigenvalue weighted by Crippen LogP contribution is -1.93. The number of fused-ring (bicyclic) bond motifs is 1. The summed E-state index contributed by atoms with van der Waals surface area (Å²) >= 11 is 0. The maximum atomic E-state index is 13.7. The molecule has 0 fully saturated rings. The monoisotopic (exact) mass is 257 g/mol. The molecule has 2 heterocycles. The van der Waals surface area contributed by atoms with Crippen molar-refractivity contribution in [1.82, 2.24) is 4.98 Å². The second-order valence-corrected chi connectivity index (χ2v) is 4.33. The summed E-state index contributed by atoms with van der Waals surface area (Å²) in [7, 11) is 0. The number of nitrogens with zero attached hydrogens (tertiary/aromatic N) is 1. The average Bonchev–Trinajstić information content (AvgIpc) is 2.81. The van der Waals surface area contributed by atoms with Crippen molar-refractivity contribution in [1.29, 1.82) is 0 Å². The van der Waals surface area contributed by atoms with Crippen molar-refractivity contribution in [2.75, 3.05) is 0 Å². The van der Waals surface area contributed by atoms with Crippen LogP contribution in [0.2, 0.25) is 0 Å². The van der Waals surface area contributed by atoms with E-state index in [1.54, 1.807) is 36.4 Å². The fourth-order valence-corrected chi connectivity index (χ4v) is 2.02. The van der Waals surface area contributed by atoms with Gasteiger partial charge in [0.1, 0.15) is 17.0 Å². The Morgan fingerprint density at radius 2 is 2.05 bits per heavy atom. The highest BCUT2D eigenvalue weighted by Gasteiger charge is 2.10. The molecule has 2 aromatic heterocycles. The van der Waals surface area contributed by atoms with Crippen LogP contribution in [0.1, 0.15) is 12.5 Å². The molecule has 0 atom stereocenters. The SMILES string of the molecule is CCc1ccc(-c2cc3cc(O)ccc3o2)nc1F. The van der Waals surface area contributed by atoms with E-state index >= 15 is 0 Å². The molecule has 0 bridgehead atoms. The van der Waals surface area contributed by atoms with E-state index in [1.165, 1.54) is 0 Å². The van der Waals surface area contributed by atoms with Gasteiger partial charge in [-0.2, -0.15) is 4.39 Å². The summed E-state index contributed by atoms with van der Waals surface area (Å²) < 4.78 is 19.3. The number of phenols is 1. The van der Waals surface area contributed by atoms with Crippen molar-refractivity contribution in [2.24, 2.45) is 0 Å². The summed E-state index contributed by atoms with van der Waals surface area (Å²) in [5.74, 6) is 0.186. The summed E-state index contributed by atoms with van der Waals surface area (Å²) in [6, 6.07) is 10.00. The number of aryl methyl sites for hydroxylation is 1. The van der Waals surface area contributed by atoms with Crippen LogP contribution >= 0.6 is 0 Å². The molecule has 0 spiro atoms. The van der Waals surface area contributed by atoms with Gasteiger partial charge in [-0.15, -0.1) is 0 Å². The Bertz CT molecular complexity index is 749. The molecule has 1 aromatic carbocycles. The first-order chi connectivity index (χ1) is 9.17. The highest BCUT2D eigenvalue weighted by molar-refractivity contribution is 5.83. The van der Waals surface area contributed by atoms with Crippen molar-refractivity contribution in [2.45, 2.75) is 13.3 Å². The van der Waals surface area contributed by atoms with Crippen LogP contribution < -0.4 is 0 Å². The number of rotatable bonds is 2. The van der Waals surface area contributed by atoms with Gasteiger partial charge in [0, 0.05) is 10.9 Å². The van der Waals surface area contributed by atoms with Crippen LogP contribution in [0.25, 0.3) is 22.4 Å². The van der Waals surface area contributed by atoms with E-state index in [-0.39, 0.29) is 5.75 Å². The predicted molar refractivity (Wildman–Crippen MR) is 70.4 cm³/mol. The first kappa shape index (κ1) is 11.7. The van der Waals surface area contributed by atoms with Gasteiger partial charge < -0.3 is 9.52 Å². The second kappa shape index (κ2) is 4.39. The van der Waals surface area contributed by atoms with Gasteiger partial charge >= 0.3 is 0 Å². The van der Waals surface area contributed by atoms with E-state index in [1.807, 2.05) is 6.92 Å². The van der Waals surface area contributed by atoms with E-state index in [9.17, 15) is 9.50 Å². The smallest absolute Gasteiger partial charge is 0.216 e. The molecule has 1 N–H and O–H groups in total. The van der Waals surface area contributed by atoms with Gasteiger partial charge in [-0.25, -0.2) is 4.98 Å². The normalized spacial score (nSPS) is 11.1. The Balaban J connectivity index is 2.11. The summed E-state index contributed by atoms with van der Waals surface area (Å²) in [6.45, 7) is 1.88. The van der Waals surface area contributed by atoms with E-state index in [2.05, 4.69) is 4.98 Å². The van der Waals surface area contributed by atoms with Crippen LogP contribution in [0.3, 0.4) is 0 Å². The van der Waals surface area contributed by atoms with Gasteiger partial charge in [0.25, 0.3) is 0 Å². The van der Waals surface area contributed by atoms with Crippen LogP contribution in [0.4, 0.5) is 4.39 Å². The summed E-state index contributed by atoms with van der Waals surface area (Å²) in [6.07, 6.45) is 0.604. The third-order valence-electron chi connectivity index (χ3n) is 3.06. The summed E-state index contributed by atoms with van der Waals surface area (Å²) in [5.41, 5.74) is 1.66. The maximum Gasteiger partial charge on any atom is 0.216 e. The quantitative estimate of drug-likeness (QED) is 0.708. The number of pyridine rings is 1. The zero-order valence-electron chi connectivity index (χ0n) is 10.4. The number of phenolic OH excluding ortho intramolecular Hbond substituents is 1. The Kier molecular flexibility index (Phi) is 2.71. The minimum atomic E-state index is -0.469. The van der Waals surface area contributed by atoms with Crippen LogP contribution in [-0.2, 0) is 6.42 Å². The average molecular weight is 257 g/mol. The molecule has 19 heavy (non-hydrogen) atoms. The van der Waals surface area contributed by atoms with Crippen LogP contribution in [0.15, 0.2) is 40.8 Å². The van der Waals surface area contributed by atoms with E-state index in [0.717, 1.165) is 5.39 Å². The minimum absolute atomic E-state index is 0.167. The zero-order chi connectivity index (χ0) is 13.4. The number of hydrogen-bond donors (Lipinski definition) is 1. The highest BCUT2D eigenvalue weighted by atomic mass is 19.1. The fraction of sp³-hybridized carbons (Fsp3) is 0.133. The van der Waals surface area contributed by atoms with Crippen molar-refractivity contribution in [3.63, 3.8) is 0 Å². The standard InChI is InChI=1S/C15H12FNO2/c1-2-9-3-5-12(17-15(9)16)14-8-10-7-11(18)4-6-13(10)19-14/h3-8,18H,2H2,1H3. The van der Waals surface area contributed by atoms with Crippen LogP contribution in [-0.4, -0.2) is 10.1 Å². The Morgan fingerprint density at radius 3 is 2.79 bits per heavy atom. The minimum Gasteiger partial charge on any atom is -0.508 e. The number of halogens is 1.